The molecule has 3 rings (SSSR count). The maximum atomic E-state index is 11.5. The number of hydrogen-bond acceptors (Lipinski definition) is 4. The van der Waals surface area contributed by atoms with Crippen molar-refractivity contribution in [1.82, 2.24) is 0 Å². The Morgan fingerprint density at radius 2 is 1.52 bits per heavy atom. The molecule has 0 fully saturated rings. The fraction of sp³-hybridized carbons (Fsp3) is 0.0769. The second-order valence-electron chi connectivity index (χ2n) is 4.73. The Morgan fingerprint density at radius 1 is 0.857 bits per heavy atom. The average Bonchev–Trinajstić information content (AvgIpc) is 2.73. The van der Waals surface area contributed by atoms with Crippen LogP contribution in [0.5, 0.6) is 0 Å². The molecule has 2 aromatic carbocycles. The van der Waals surface area contributed by atoms with Crippen molar-refractivity contribution in [2.24, 2.45) is 0 Å². The van der Waals surface area contributed by atoms with Gasteiger partial charge < -0.3 is 0 Å². The Morgan fingerprint density at radius 3 is 2.14 bits per heavy atom. The molecule has 0 saturated carbocycles. The van der Waals surface area contributed by atoms with E-state index in [4.69, 9.17) is 4.55 Å². The van der Waals surface area contributed by atoms with Crippen molar-refractivity contribution in [3.63, 3.8) is 0 Å². The molecule has 2 aromatic rings. The zero-order chi connectivity index (χ0) is 15.4. The summed E-state index contributed by atoms with van der Waals surface area (Å²) in [4.78, 5) is -1.06. The lowest BCUT2D eigenvalue weighted by Gasteiger charge is -2.08. The lowest BCUT2D eigenvalue weighted by molar-refractivity contribution is 0.480. The monoisotopic (exact) mass is 326 g/mol. The van der Waals surface area contributed by atoms with E-state index in [1.807, 2.05) is 0 Å². The van der Waals surface area contributed by atoms with Gasteiger partial charge in [-0.1, -0.05) is 24.3 Å². The van der Waals surface area contributed by atoms with Gasteiger partial charge in [0.15, 0.2) is 0 Å². The molecule has 8 heteroatoms. The molecule has 0 amide bonds. The number of fused-ring (bicyclic) bond motifs is 3. The number of hydrogen-bond donors (Lipinski definition) is 2. The summed E-state index contributed by atoms with van der Waals surface area (Å²) in [5, 5.41) is 0. The van der Waals surface area contributed by atoms with E-state index in [2.05, 4.69) is 0 Å². The zero-order valence-corrected chi connectivity index (χ0v) is 12.1. The maximum Gasteiger partial charge on any atom is 0.294 e. The van der Waals surface area contributed by atoms with E-state index in [1.54, 1.807) is 24.3 Å². The smallest absolute Gasteiger partial charge is 0.282 e. The van der Waals surface area contributed by atoms with Crippen molar-refractivity contribution < 1.29 is 25.9 Å². The van der Waals surface area contributed by atoms with Crippen molar-refractivity contribution in [3.05, 3.63) is 47.5 Å². The van der Waals surface area contributed by atoms with Crippen LogP contribution in [0.3, 0.4) is 0 Å². The molecule has 1 aliphatic rings. The van der Waals surface area contributed by atoms with Crippen molar-refractivity contribution in [2.75, 3.05) is 0 Å². The minimum Gasteiger partial charge on any atom is -0.282 e. The van der Waals surface area contributed by atoms with Gasteiger partial charge in [0.1, 0.15) is 0 Å². The predicted octanol–water partition coefficient (Wildman–Crippen LogP) is 1.75. The fourth-order valence-corrected chi connectivity index (χ4v) is 3.93. The van der Waals surface area contributed by atoms with E-state index in [0.29, 0.717) is 16.7 Å². The number of rotatable bonds is 2. The minimum absolute atomic E-state index is 0.270. The van der Waals surface area contributed by atoms with Gasteiger partial charge in [0, 0.05) is 6.42 Å². The predicted molar refractivity (Wildman–Crippen MR) is 74.3 cm³/mol. The quantitative estimate of drug-likeness (QED) is 0.695. The normalized spacial score (nSPS) is 13.8. The molecule has 110 valence electrons. The first-order chi connectivity index (χ1) is 9.68. The molecule has 0 heterocycles. The van der Waals surface area contributed by atoms with Crippen LogP contribution in [-0.2, 0) is 26.7 Å². The molecule has 0 saturated heterocycles. The van der Waals surface area contributed by atoms with Crippen LogP contribution in [-0.4, -0.2) is 25.9 Å². The molecule has 6 nitrogen and oxygen atoms in total. The standard InChI is InChI=1S/C13H10O6S2/c14-20(15,16)9-6-11-10-4-2-1-3-8(10)5-12(11)13(7-9)21(17,18)19/h1-4,6-7H,5H2,(H,14,15,16)(H,17,18,19). The molecule has 0 bridgehead atoms. The van der Waals surface area contributed by atoms with Crippen molar-refractivity contribution in [3.8, 4) is 11.1 Å². The molecule has 21 heavy (non-hydrogen) atoms. The summed E-state index contributed by atoms with van der Waals surface area (Å²) in [6, 6.07) is 9.02. The van der Waals surface area contributed by atoms with Crippen molar-refractivity contribution in [2.45, 2.75) is 16.2 Å². The van der Waals surface area contributed by atoms with Gasteiger partial charge in [0.2, 0.25) is 0 Å². The summed E-state index contributed by atoms with van der Waals surface area (Å²) >= 11 is 0. The molecule has 0 unspecified atom stereocenters. The lowest BCUT2D eigenvalue weighted by Crippen LogP contribution is -2.06. The molecule has 0 aliphatic heterocycles. The van der Waals surface area contributed by atoms with Crippen LogP contribution in [0.25, 0.3) is 11.1 Å². The van der Waals surface area contributed by atoms with E-state index < -0.39 is 30.0 Å². The van der Waals surface area contributed by atoms with E-state index in [1.165, 1.54) is 6.07 Å². The Labute approximate surface area is 121 Å². The summed E-state index contributed by atoms with van der Waals surface area (Å²) in [6.45, 7) is 0. The highest BCUT2D eigenvalue weighted by Gasteiger charge is 2.29. The van der Waals surface area contributed by atoms with E-state index in [0.717, 1.165) is 11.6 Å². The molecule has 0 atom stereocenters. The van der Waals surface area contributed by atoms with Gasteiger partial charge in [0.05, 0.1) is 9.79 Å². The third-order valence-electron chi connectivity index (χ3n) is 3.43. The summed E-state index contributed by atoms with van der Waals surface area (Å²) in [5.41, 5.74) is 2.22. The van der Waals surface area contributed by atoms with Crippen LogP contribution in [0, 0.1) is 0 Å². The summed E-state index contributed by atoms with van der Waals surface area (Å²) in [5.74, 6) is 0. The molecular formula is C13H10O6S2. The average molecular weight is 326 g/mol. The molecular weight excluding hydrogens is 316 g/mol. The van der Waals surface area contributed by atoms with Gasteiger partial charge in [-0.2, -0.15) is 16.8 Å². The SMILES string of the molecule is O=S(=O)(O)c1cc2c(c(S(=O)(=O)O)c1)Cc1ccccc1-2. The van der Waals surface area contributed by atoms with Gasteiger partial charge in [-0.25, -0.2) is 0 Å². The second kappa shape index (κ2) is 4.38. The zero-order valence-electron chi connectivity index (χ0n) is 10.5. The first-order valence-corrected chi connectivity index (χ1v) is 8.76. The van der Waals surface area contributed by atoms with E-state index >= 15 is 0 Å². The Balaban J connectivity index is 2.42. The summed E-state index contributed by atoms with van der Waals surface area (Å²) in [7, 11) is -9.19. The van der Waals surface area contributed by atoms with Crippen LogP contribution in [0.2, 0.25) is 0 Å². The van der Waals surface area contributed by atoms with Gasteiger partial charge >= 0.3 is 0 Å². The Hall–Kier alpha value is -1.74. The molecule has 0 aromatic heterocycles. The van der Waals surface area contributed by atoms with Crippen LogP contribution in [0.15, 0.2) is 46.2 Å². The van der Waals surface area contributed by atoms with Crippen LogP contribution < -0.4 is 0 Å². The van der Waals surface area contributed by atoms with Crippen molar-refractivity contribution >= 4 is 20.2 Å². The molecule has 2 N–H and O–H groups in total. The first-order valence-electron chi connectivity index (χ1n) is 5.88. The third-order valence-corrected chi connectivity index (χ3v) is 5.18. The highest BCUT2D eigenvalue weighted by Crippen LogP contribution is 2.41. The summed E-state index contributed by atoms with van der Waals surface area (Å²) in [6.07, 6.45) is 0.270. The van der Waals surface area contributed by atoms with Crippen molar-refractivity contribution in [1.29, 1.82) is 0 Å². The second-order valence-corrected chi connectivity index (χ2v) is 7.54. The first kappa shape index (κ1) is 14.2. The highest BCUT2D eigenvalue weighted by molar-refractivity contribution is 7.86. The van der Waals surface area contributed by atoms with Crippen LogP contribution >= 0.6 is 0 Å². The molecule has 1 aliphatic carbocycles. The Bertz CT molecular complexity index is 958. The van der Waals surface area contributed by atoms with E-state index in [-0.39, 0.29) is 6.42 Å². The number of benzene rings is 2. The van der Waals surface area contributed by atoms with Gasteiger partial charge in [-0.3, -0.25) is 9.11 Å². The lowest BCUT2D eigenvalue weighted by atomic mass is 10.1. The van der Waals surface area contributed by atoms with Crippen LogP contribution in [0.1, 0.15) is 11.1 Å². The highest BCUT2D eigenvalue weighted by atomic mass is 32.2. The molecule has 0 radical (unpaired) electrons. The Kier molecular flexibility index (Phi) is 2.96. The minimum atomic E-state index is -4.60. The van der Waals surface area contributed by atoms with Crippen LogP contribution in [0.4, 0.5) is 0 Å². The maximum absolute atomic E-state index is 11.5. The van der Waals surface area contributed by atoms with E-state index in [9.17, 15) is 21.4 Å². The van der Waals surface area contributed by atoms with Gasteiger partial charge in [-0.05, 0) is 34.4 Å². The molecule has 0 spiro atoms. The van der Waals surface area contributed by atoms with Gasteiger partial charge in [0.25, 0.3) is 20.2 Å². The van der Waals surface area contributed by atoms with Gasteiger partial charge in [-0.15, -0.1) is 0 Å². The summed E-state index contributed by atoms with van der Waals surface area (Å²) < 4.78 is 64.1. The largest absolute Gasteiger partial charge is 0.294 e. The third kappa shape index (κ3) is 2.36. The fourth-order valence-electron chi connectivity index (χ4n) is 2.55. The topological polar surface area (TPSA) is 109 Å².